The summed E-state index contributed by atoms with van der Waals surface area (Å²) in [6, 6.07) is 7.28. The quantitative estimate of drug-likeness (QED) is 0.722. The minimum Gasteiger partial charge on any atom is -0.369 e. The summed E-state index contributed by atoms with van der Waals surface area (Å²) in [5, 5.41) is 5.65. The lowest BCUT2D eigenvalue weighted by Gasteiger charge is -2.35. The molecule has 1 aromatic rings. The number of hydrogen-bond acceptors (Lipinski definition) is 5. The van der Waals surface area contributed by atoms with E-state index in [0.29, 0.717) is 18.5 Å². The predicted molar refractivity (Wildman–Crippen MR) is 115 cm³/mol. The molecular weight excluding hydrogens is 382 g/mol. The van der Waals surface area contributed by atoms with Crippen LogP contribution in [0.1, 0.15) is 39.0 Å². The number of benzene rings is 1. The summed E-state index contributed by atoms with van der Waals surface area (Å²) >= 11 is 0. The van der Waals surface area contributed by atoms with Crippen LogP contribution in [0.2, 0.25) is 0 Å². The molecule has 1 aliphatic carbocycles. The van der Waals surface area contributed by atoms with E-state index in [0.717, 1.165) is 62.6 Å². The van der Waals surface area contributed by atoms with Crippen LogP contribution >= 0.6 is 0 Å². The van der Waals surface area contributed by atoms with Gasteiger partial charge in [0.2, 0.25) is 5.91 Å². The summed E-state index contributed by atoms with van der Waals surface area (Å²) in [5.74, 6) is -0.625. The van der Waals surface area contributed by atoms with Crippen molar-refractivity contribution >= 4 is 29.2 Å². The molecule has 4 rings (SSSR count). The first-order chi connectivity index (χ1) is 14.5. The molecule has 0 unspecified atom stereocenters. The summed E-state index contributed by atoms with van der Waals surface area (Å²) in [6.45, 7) is 7.11. The Morgan fingerprint density at radius 3 is 2.33 bits per heavy atom. The standard InChI is InChI=1S/C22H31N5O3/c1-2-25-12-14-26(15-13-25)18-8-6-17(7-9-18)23-19(28)16-27-20(29)22(24-21(27)30)10-4-3-5-11-22/h6-9H,2-5,10-16H2,1H3,(H,23,28)(H,24,30). The van der Waals surface area contributed by atoms with E-state index in [1.165, 1.54) is 0 Å². The van der Waals surface area contributed by atoms with Crippen molar-refractivity contribution in [1.29, 1.82) is 0 Å². The van der Waals surface area contributed by atoms with Crippen LogP contribution in [0.4, 0.5) is 16.2 Å². The van der Waals surface area contributed by atoms with Crippen molar-refractivity contribution in [1.82, 2.24) is 15.1 Å². The SMILES string of the molecule is CCN1CCN(c2ccc(NC(=O)CN3C(=O)NC4(CCCCC4)C3=O)cc2)CC1. The van der Waals surface area contributed by atoms with Crippen molar-refractivity contribution in [3.05, 3.63) is 24.3 Å². The van der Waals surface area contributed by atoms with E-state index in [1.54, 1.807) is 0 Å². The van der Waals surface area contributed by atoms with Gasteiger partial charge in [-0.2, -0.15) is 0 Å². The van der Waals surface area contributed by atoms with Crippen molar-refractivity contribution in [2.45, 2.75) is 44.6 Å². The number of piperazine rings is 1. The fourth-order valence-electron chi connectivity index (χ4n) is 4.74. The zero-order valence-electron chi connectivity index (χ0n) is 17.7. The first-order valence-corrected chi connectivity index (χ1v) is 11.0. The van der Waals surface area contributed by atoms with E-state index in [1.807, 2.05) is 24.3 Å². The molecule has 2 N–H and O–H groups in total. The Morgan fingerprint density at radius 2 is 1.70 bits per heavy atom. The summed E-state index contributed by atoms with van der Waals surface area (Å²) in [5.41, 5.74) is 1.01. The Labute approximate surface area is 177 Å². The van der Waals surface area contributed by atoms with Gasteiger partial charge in [-0.1, -0.05) is 26.2 Å². The summed E-state index contributed by atoms with van der Waals surface area (Å²) < 4.78 is 0. The lowest BCUT2D eigenvalue weighted by atomic mass is 9.82. The van der Waals surface area contributed by atoms with E-state index < -0.39 is 11.6 Å². The van der Waals surface area contributed by atoms with E-state index in [4.69, 9.17) is 0 Å². The largest absolute Gasteiger partial charge is 0.369 e. The van der Waals surface area contributed by atoms with E-state index in [2.05, 4.69) is 27.4 Å². The maximum atomic E-state index is 12.8. The van der Waals surface area contributed by atoms with Crippen LogP contribution < -0.4 is 15.5 Å². The molecule has 30 heavy (non-hydrogen) atoms. The number of nitrogens with one attached hydrogen (secondary N) is 2. The molecule has 1 aromatic carbocycles. The molecule has 162 valence electrons. The van der Waals surface area contributed by atoms with Gasteiger partial charge in [0.15, 0.2) is 0 Å². The van der Waals surface area contributed by atoms with Crippen LogP contribution in [-0.2, 0) is 9.59 Å². The van der Waals surface area contributed by atoms with Crippen molar-refractivity contribution < 1.29 is 14.4 Å². The highest BCUT2D eigenvalue weighted by atomic mass is 16.2. The summed E-state index contributed by atoms with van der Waals surface area (Å²) in [7, 11) is 0. The van der Waals surface area contributed by atoms with E-state index >= 15 is 0 Å². The zero-order chi connectivity index (χ0) is 21.1. The molecule has 0 atom stereocenters. The number of rotatable bonds is 5. The van der Waals surface area contributed by atoms with Crippen LogP contribution in [0.3, 0.4) is 0 Å². The van der Waals surface area contributed by atoms with Gasteiger partial charge < -0.3 is 20.4 Å². The van der Waals surface area contributed by atoms with Crippen molar-refractivity contribution in [3.63, 3.8) is 0 Å². The maximum absolute atomic E-state index is 12.8. The smallest absolute Gasteiger partial charge is 0.325 e. The lowest BCUT2D eigenvalue weighted by molar-refractivity contribution is -0.134. The third-order valence-electron chi connectivity index (χ3n) is 6.59. The highest BCUT2D eigenvalue weighted by molar-refractivity contribution is 6.10. The monoisotopic (exact) mass is 413 g/mol. The highest BCUT2D eigenvalue weighted by Crippen LogP contribution is 2.33. The molecule has 0 radical (unpaired) electrons. The Balaban J connectivity index is 1.32. The third-order valence-corrected chi connectivity index (χ3v) is 6.59. The molecular formula is C22H31N5O3. The number of nitrogens with zero attached hydrogens (tertiary/aromatic N) is 3. The molecule has 0 aromatic heterocycles. The van der Waals surface area contributed by atoms with Gasteiger partial charge in [0.1, 0.15) is 12.1 Å². The second kappa shape index (κ2) is 8.63. The van der Waals surface area contributed by atoms with Crippen LogP contribution in [0.15, 0.2) is 24.3 Å². The molecule has 4 amide bonds. The normalized spacial score (nSPS) is 21.8. The molecule has 8 nitrogen and oxygen atoms in total. The van der Waals surface area contributed by atoms with Crippen LogP contribution in [0.25, 0.3) is 0 Å². The summed E-state index contributed by atoms with van der Waals surface area (Å²) in [4.78, 5) is 43.4. The summed E-state index contributed by atoms with van der Waals surface area (Å²) in [6.07, 6.45) is 4.24. The number of imide groups is 1. The molecule has 2 heterocycles. The Morgan fingerprint density at radius 1 is 1.03 bits per heavy atom. The number of carbonyl (C=O) groups excluding carboxylic acids is 3. The van der Waals surface area contributed by atoms with Crippen molar-refractivity contribution in [3.8, 4) is 0 Å². The molecule has 8 heteroatoms. The molecule has 3 fully saturated rings. The number of hydrogen-bond donors (Lipinski definition) is 2. The van der Waals surface area contributed by atoms with Crippen molar-refractivity contribution in [2.75, 3.05) is 49.5 Å². The molecule has 2 saturated heterocycles. The highest BCUT2D eigenvalue weighted by Gasteiger charge is 2.51. The van der Waals surface area contributed by atoms with Gasteiger partial charge in [0.25, 0.3) is 5.91 Å². The average molecular weight is 414 g/mol. The van der Waals surface area contributed by atoms with Gasteiger partial charge in [0.05, 0.1) is 0 Å². The third kappa shape index (κ3) is 4.14. The van der Waals surface area contributed by atoms with Gasteiger partial charge in [-0.05, 0) is 43.7 Å². The molecule has 2 aliphatic heterocycles. The lowest BCUT2D eigenvalue weighted by Crippen LogP contribution is -2.48. The second-order valence-corrected chi connectivity index (χ2v) is 8.48. The van der Waals surface area contributed by atoms with Crippen molar-refractivity contribution in [2.24, 2.45) is 0 Å². The van der Waals surface area contributed by atoms with Crippen LogP contribution in [-0.4, -0.2) is 72.5 Å². The van der Waals surface area contributed by atoms with Gasteiger partial charge in [-0.15, -0.1) is 0 Å². The van der Waals surface area contributed by atoms with Gasteiger partial charge in [-0.25, -0.2) is 4.79 Å². The Hall–Kier alpha value is -2.61. The molecule has 1 spiro atoms. The predicted octanol–water partition coefficient (Wildman–Crippen LogP) is 2.02. The maximum Gasteiger partial charge on any atom is 0.325 e. The number of urea groups is 1. The van der Waals surface area contributed by atoms with Gasteiger partial charge >= 0.3 is 6.03 Å². The number of amides is 4. The molecule has 3 aliphatic rings. The van der Waals surface area contributed by atoms with E-state index in [9.17, 15) is 14.4 Å². The van der Waals surface area contributed by atoms with Crippen LogP contribution in [0, 0.1) is 0 Å². The number of likely N-dealkylation sites (N-methyl/N-ethyl adjacent to an activating group) is 1. The molecule has 1 saturated carbocycles. The zero-order valence-corrected chi connectivity index (χ0v) is 17.7. The van der Waals surface area contributed by atoms with Gasteiger partial charge in [0, 0.05) is 37.6 Å². The number of anilines is 2. The molecule has 0 bridgehead atoms. The van der Waals surface area contributed by atoms with E-state index in [-0.39, 0.29) is 18.4 Å². The Kier molecular flexibility index (Phi) is 5.94. The fourth-order valence-corrected chi connectivity index (χ4v) is 4.74. The second-order valence-electron chi connectivity index (χ2n) is 8.48. The fraction of sp³-hybridized carbons (Fsp3) is 0.591. The van der Waals surface area contributed by atoms with Gasteiger partial charge in [-0.3, -0.25) is 14.5 Å². The average Bonchev–Trinajstić information content (AvgIpc) is 2.98. The minimum absolute atomic E-state index is 0.257. The Bertz CT molecular complexity index is 795. The minimum atomic E-state index is -0.793. The van der Waals surface area contributed by atoms with Crippen LogP contribution in [0.5, 0.6) is 0 Å². The topological polar surface area (TPSA) is 85.0 Å². The first kappa shape index (κ1) is 20.7. The first-order valence-electron chi connectivity index (χ1n) is 11.0. The number of carbonyl (C=O) groups is 3.